The molecule has 0 radical (unpaired) electrons. The Morgan fingerprint density at radius 3 is 2.75 bits per heavy atom. The second-order valence-corrected chi connectivity index (χ2v) is 6.34. The molecule has 1 aromatic carbocycles. The Morgan fingerprint density at radius 1 is 1.45 bits per heavy atom. The highest BCUT2D eigenvalue weighted by molar-refractivity contribution is 7.90. The van der Waals surface area contributed by atoms with Crippen LogP contribution >= 0.6 is 0 Å². The van der Waals surface area contributed by atoms with Crippen LogP contribution in [0.15, 0.2) is 18.2 Å². The number of carbonyl (C=O) groups excluding carboxylic acids is 1. The molecule has 0 bridgehead atoms. The first-order valence-electron chi connectivity index (χ1n) is 5.78. The highest BCUT2D eigenvalue weighted by atomic mass is 32.2. The van der Waals surface area contributed by atoms with Crippen molar-refractivity contribution in [2.45, 2.75) is 0 Å². The van der Waals surface area contributed by atoms with Gasteiger partial charge in [0.05, 0.1) is 17.9 Å². The van der Waals surface area contributed by atoms with E-state index < -0.39 is 21.6 Å². The zero-order valence-electron chi connectivity index (χ0n) is 10.9. The summed E-state index contributed by atoms with van der Waals surface area (Å²) < 4.78 is 35.1. The van der Waals surface area contributed by atoms with Gasteiger partial charge in [0.15, 0.2) is 0 Å². The third kappa shape index (κ3) is 5.38. The predicted molar refractivity (Wildman–Crippen MR) is 74.4 cm³/mol. The van der Waals surface area contributed by atoms with Crippen molar-refractivity contribution in [1.82, 2.24) is 5.32 Å². The average molecular weight is 298 g/mol. The van der Waals surface area contributed by atoms with Crippen molar-refractivity contribution in [2.24, 2.45) is 5.73 Å². The smallest absolute Gasteiger partial charge is 0.252 e. The van der Waals surface area contributed by atoms with E-state index in [0.717, 1.165) is 12.3 Å². The Hall–Kier alpha value is -1.91. The number of nitrogens with one attached hydrogen (secondary N) is 1. The lowest BCUT2D eigenvalue weighted by Crippen LogP contribution is -2.29. The van der Waals surface area contributed by atoms with E-state index in [1.807, 2.05) is 0 Å². The molecule has 0 aliphatic carbocycles. The summed E-state index contributed by atoms with van der Waals surface area (Å²) in [5, 5.41) is 2.42. The number of carbonyl (C=O) groups is 1. The molecule has 0 saturated carbocycles. The molecule has 0 aliphatic rings. The van der Waals surface area contributed by atoms with E-state index in [4.69, 9.17) is 5.73 Å². The third-order valence-electron chi connectivity index (χ3n) is 2.31. The standard InChI is InChI=1S/C13H15FN2O3S/c1-20(18,19)8-7-16-13(17)12-9-11(14)5-4-10(12)3-2-6-15/h4-5,9H,6-8,15H2,1H3,(H,16,17). The quantitative estimate of drug-likeness (QED) is 0.760. The van der Waals surface area contributed by atoms with Crippen molar-refractivity contribution >= 4 is 15.7 Å². The first kappa shape index (κ1) is 16.1. The van der Waals surface area contributed by atoms with Gasteiger partial charge in [-0.05, 0) is 18.2 Å². The highest BCUT2D eigenvalue weighted by Gasteiger charge is 2.12. The van der Waals surface area contributed by atoms with Crippen LogP contribution in [0.4, 0.5) is 4.39 Å². The molecule has 0 unspecified atom stereocenters. The Labute approximate surface area is 117 Å². The summed E-state index contributed by atoms with van der Waals surface area (Å²) in [6, 6.07) is 3.62. The maximum absolute atomic E-state index is 13.2. The number of hydrogen-bond acceptors (Lipinski definition) is 4. The minimum absolute atomic E-state index is 0.0437. The lowest BCUT2D eigenvalue weighted by molar-refractivity contribution is 0.0955. The summed E-state index contributed by atoms with van der Waals surface area (Å²) in [6.07, 6.45) is 1.07. The van der Waals surface area contributed by atoms with Crippen LogP contribution in [0.5, 0.6) is 0 Å². The summed E-state index contributed by atoms with van der Waals surface area (Å²) in [6.45, 7) is 0.0739. The second-order valence-electron chi connectivity index (χ2n) is 4.08. The number of hydrogen-bond donors (Lipinski definition) is 2. The van der Waals surface area contributed by atoms with Crippen molar-refractivity contribution in [3.05, 3.63) is 35.1 Å². The van der Waals surface area contributed by atoms with E-state index in [1.54, 1.807) is 0 Å². The molecule has 1 rings (SSSR count). The molecule has 1 aromatic rings. The van der Waals surface area contributed by atoms with Crippen molar-refractivity contribution < 1.29 is 17.6 Å². The maximum Gasteiger partial charge on any atom is 0.252 e. The van der Waals surface area contributed by atoms with E-state index in [1.165, 1.54) is 12.1 Å². The van der Waals surface area contributed by atoms with Crippen LogP contribution in [0.25, 0.3) is 0 Å². The van der Waals surface area contributed by atoms with Crippen LogP contribution in [0.1, 0.15) is 15.9 Å². The molecule has 1 amide bonds. The van der Waals surface area contributed by atoms with Gasteiger partial charge in [0, 0.05) is 18.4 Å². The van der Waals surface area contributed by atoms with Crippen LogP contribution in [0, 0.1) is 17.7 Å². The topological polar surface area (TPSA) is 89.3 Å². The summed E-state index contributed by atoms with van der Waals surface area (Å²) in [5.41, 5.74) is 5.64. The first-order valence-corrected chi connectivity index (χ1v) is 7.84. The van der Waals surface area contributed by atoms with E-state index in [0.29, 0.717) is 5.56 Å². The molecule has 0 aromatic heterocycles. The summed E-state index contributed by atoms with van der Waals surface area (Å²) in [5.74, 6) is 3.92. The van der Waals surface area contributed by atoms with Gasteiger partial charge in [-0.2, -0.15) is 0 Å². The van der Waals surface area contributed by atoms with Crippen LogP contribution in [-0.4, -0.2) is 39.4 Å². The van der Waals surface area contributed by atoms with Gasteiger partial charge in [-0.1, -0.05) is 11.8 Å². The van der Waals surface area contributed by atoms with Gasteiger partial charge in [-0.3, -0.25) is 4.79 Å². The Kier molecular flexibility index (Phi) is 5.67. The van der Waals surface area contributed by atoms with E-state index in [-0.39, 0.29) is 24.4 Å². The monoisotopic (exact) mass is 298 g/mol. The van der Waals surface area contributed by atoms with Gasteiger partial charge in [0.2, 0.25) is 0 Å². The summed E-state index contributed by atoms with van der Waals surface area (Å²) >= 11 is 0. The van der Waals surface area contributed by atoms with Gasteiger partial charge in [-0.15, -0.1) is 0 Å². The minimum atomic E-state index is -3.17. The van der Waals surface area contributed by atoms with E-state index in [9.17, 15) is 17.6 Å². The molecule has 0 spiro atoms. The molecule has 20 heavy (non-hydrogen) atoms. The fourth-order valence-corrected chi connectivity index (χ4v) is 1.88. The largest absolute Gasteiger partial charge is 0.351 e. The van der Waals surface area contributed by atoms with Crippen molar-refractivity contribution in [1.29, 1.82) is 0 Å². The van der Waals surface area contributed by atoms with Crippen molar-refractivity contribution in [3.63, 3.8) is 0 Å². The lowest BCUT2D eigenvalue weighted by atomic mass is 10.1. The van der Waals surface area contributed by atoms with Gasteiger partial charge in [-0.25, -0.2) is 12.8 Å². The number of amides is 1. The van der Waals surface area contributed by atoms with E-state index in [2.05, 4.69) is 17.2 Å². The molecule has 0 heterocycles. The van der Waals surface area contributed by atoms with Crippen LogP contribution in [0.2, 0.25) is 0 Å². The molecule has 7 heteroatoms. The predicted octanol–water partition coefficient (Wildman–Crippen LogP) is -0.0897. The summed E-state index contributed by atoms with van der Waals surface area (Å²) in [4.78, 5) is 11.9. The molecule has 0 saturated heterocycles. The zero-order valence-corrected chi connectivity index (χ0v) is 11.8. The van der Waals surface area contributed by atoms with Gasteiger partial charge >= 0.3 is 0 Å². The molecule has 5 nitrogen and oxygen atoms in total. The maximum atomic E-state index is 13.2. The normalized spacial score (nSPS) is 10.6. The first-order chi connectivity index (χ1) is 9.33. The number of halogens is 1. The summed E-state index contributed by atoms with van der Waals surface area (Å²) in [7, 11) is -3.17. The van der Waals surface area contributed by atoms with Crippen LogP contribution in [0.3, 0.4) is 0 Å². The average Bonchev–Trinajstić information content (AvgIpc) is 2.35. The molecular weight excluding hydrogens is 283 g/mol. The number of nitrogens with two attached hydrogens (primary N) is 1. The van der Waals surface area contributed by atoms with Gasteiger partial charge in [0.1, 0.15) is 15.7 Å². The Morgan fingerprint density at radius 2 is 2.15 bits per heavy atom. The van der Waals surface area contributed by atoms with Crippen LogP contribution in [-0.2, 0) is 9.84 Å². The Balaban J connectivity index is 2.88. The third-order valence-corrected chi connectivity index (χ3v) is 3.26. The van der Waals surface area contributed by atoms with Crippen molar-refractivity contribution in [3.8, 4) is 11.8 Å². The zero-order chi connectivity index (χ0) is 15.2. The number of sulfone groups is 1. The van der Waals surface area contributed by atoms with Gasteiger partial charge in [0.25, 0.3) is 5.91 Å². The Bertz CT molecular complexity index is 660. The number of benzene rings is 1. The second kappa shape index (κ2) is 7.03. The molecule has 0 aliphatic heterocycles. The highest BCUT2D eigenvalue weighted by Crippen LogP contribution is 2.10. The fourth-order valence-electron chi connectivity index (χ4n) is 1.40. The minimum Gasteiger partial charge on any atom is -0.351 e. The molecule has 0 atom stereocenters. The SMILES string of the molecule is CS(=O)(=O)CCNC(=O)c1cc(F)ccc1C#CCN. The lowest BCUT2D eigenvalue weighted by Gasteiger charge is -2.06. The molecular formula is C13H15FN2O3S. The molecule has 108 valence electrons. The van der Waals surface area contributed by atoms with E-state index >= 15 is 0 Å². The van der Waals surface area contributed by atoms with Gasteiger partial charge < -0.3 is 11.1 Å². The fraction of sp³-hybridized carbons (Fsp3) is 0.308. The molecule has 0 fully saturated rings. The van der Waals surface area contributed by atoms with Crippen molar-refractivity contribution in [2.75, 3.05) is 25.1 Å². The number of rotatable bonds is 4. The molecule has 3 N–H and O–H groups in total. The van der Waals surface area contributed by atoms with Crippen LogP contribution < -0.4 is 11.1 Å².